The maximum Gasteiger partial charge on any atom is 0.251 e. The highest BCUT2D eigenvalue weighted by atomic mass is 35.5. The summed E-state index contributed by atoms with van der Waals surface area (Å²) in [6.07, 6.45) is 5.32. The number of ether oxygens (including phenoxy) is 1. The van der Waals surface area contributed by atoms with E-state index in [9.17, 15) is 17.6 Å². The summed E-state index contributed by atoms with van der Waals surface area (Å²) in [6, 6.07) is 9.75. The molecule has 1 N–H and O–H groups in total. The quantitative estimate of drug-likeness (QED) is 0.369. The van der Waals surface area contributed by atoms with Gasteiger partial charge in [0, 0.05) is 42.9 Å². The summed E-state index contributed by atoms with van der Waals surface area (Å²) in [6.45, 7) is 1.77. The summed E-state index contributed by atoms with van der Waals surface area (Å²) < 4.78 is 44.8. The lowest BCUT2D eigenvalue weighted by Gasteiger charge is -2.15. The molecule has 3 aromatic heterocycles. The molecule has 1 aromatic carbocycles. The van der Waals surface area contributed by atoms with Gasteiger partial charge in [0.2, 0.25) is 21.3 Å². The SMILES string of the molecule is O=C(NCc1cc2nc(-c3ccnc(N4CCCC4)n3)ccc2cn1)c1cc(Cl)c2c(c1)S(=O)(=O)[C@@H](F)CCO2. The molecule has 13 heteroatoms. The molecule has 0 spiro atoms. The average Bonchev–Trinajstić information content (AvgIpc) is 3.48. The van der Waals surface area contributed by atoms with E-state index in [1.165, 1.54) is 6.07 Å². The van der Waals surface area contributed by atoms with Gasteiger partial charge in [-0.05, 0) is 49.2 Å². The first-order valence-electron chi connectivity index (χ1n) is 12.8. The number of halogens is 2. The number of carbonyl (C=O) groups excluding carboxylic acids is 1. The molecule has 4 aromatic rings. The fourth-order valence-corrected chi connectivity index (χ4v) is 6.46. The summed E-state index contributed by atoms with van der Waals surface area (Å²) in [5, 5.41) is 3.44. The summed E-state index contributed by atoms with van der Waals surface area (Å²) in [5.74, 6) is -0.0550. The first kappa shape index (κ1) is 26.3. The molecule has 1 atom stereocenters. The summed E-state index contributed by atoms with van der Waals surface area (Å²) in [4.78, 5) is 32.9. The number of fused-ring (bicyclic) bond motifs is 2. The smallest absolute Gasteiger partial charge is 0.251 e. The standard InChI is InChI=1S/C27H24ClFN6O4S/c28-19-11-17(12-23-25(19)39-10-6-24(29)40(23,37)38)26(36)32-15-18-13-22-16(14-31-18)3-4-20(33-22)21-5-7-30-27(34-21)35-8-1-2-9-35/h3-5,7,11-14,24H,1-2,6,8-10,15H2,(H,32,36)/t24-/m1/s1. The van der Waals surface area contributed by atoms with E-state index in [1.54, 1.807) is 18.5 Å². The van der Waals surface area contributed by atoms with Crippen LogP contribution >= 0.6 is 11.6 Å². The van der Waals surface area contributed by atoms with Crippen LogP contribution in [-0.4, -0.2) is 59.5 Å². The Bertz CT molecular complexity index is 1730. The lowest BCUT2D eigenvalue weighted by molar-refractivity contribution is 0.0950. The van der Waals surface area contributed by atoms with Crippen molar-refractivity contribution in [2.45, 2.75) is 36.2 Å². The van der Waals surface area contributed by atoms with Crippen molar-refractivity contribution in [3.8, 4) is 17.1 Å². The molecule has 0 bridgehead atoms. The molecule has 0 saturated carbocycles. The number of hydrogen-bond acceptors (Lipinski definition) is 9. The zero-order chi connectivity index (χ0) is 27.9. The molecule has 2 aliphatic heterocycles. The Balaban J connectivity index is 1.22. The molecule has 0 radical (unpaired) electrons. The molecule has 5 heterocycles. The van der Waals surface area contributed by atoms with Crippen LogP contribution in [0.1, 0.15) is 35.3 Å². The van der Waals surface area contributed by atoms with Gasteiger partial charge in [0.15, 0.2) is 5.75 Å². The van der Waals surface area contributed by atoms with Gasteiger partial charge in [-0.25, -0.2) is 27.8 Å². The molecule has 1 saturated heterocycles. The minimum atomic E-state index is -4.35. The molecule has 2 aliphatic rings. The normalized spacial score (nSPS) is 18.1. The molecule has 0 unspecified atom stereocenters. The van der Waals surface area contributed by atoms with E-state index in [0.717, 1.165) is 37.4 Å². The van der Waals surface area contributed by atoms with Crippen molar-refractivity contribution in [2.75, 3.05) is 24.6 Å². The van der Waals surface area contributed by atoms with E-state index < -0.39 is 26.1 Å². The number of rotatable bonds is 5. The van der Waals surface area contributed by atoms with E-state index in [-0.39, 0.29) is 35.9 Å². The first-order chi connectivity index (χ1) is 19.3. The Morgan fingerprint density at radius 2 is 1.90 bits per heavy atom. The van der Waals surface area contributed by atoms with E-state index >= 15 is 0 Å². The predicted molar refractivity (Wildman–Crippen MR) is 147 cm³/mol. The molecule has 10 nitrogen and oxygen atoms in total. The minimum Gasteiger partial charge on any atom is -0.490 e. The number of nitrogens with one attached hydrogen (secondary N) is 1. The van der Waals surface area contributed by atoms with Gasteiger partial charge in [-0.1, -0.05) is 11.6 Å². The maximum atomic E-state index is 14.3. The number of anilines is 1. The highest BCUT2D eigenvalue weighted by Crippen LogP contribution is 2.38. The van der Waals surface area contributed by atoms with Crippen LogP contribution in [0, 0.1) is 0 Å². The third-order valence-corrected chi connectivity index (χ3v) is 8.97. The third kappa shape index (κ3) is 5.04. The lowest BCUT2D eigenvalue weighted by Crippen LogP contribution is -2.24. The van der Waals surface area contributed by atoms with Crippen molar-refractivity contribution in [1.82, 2.24) is 25.3 Å². The van der Waals surface area contributed by atoms with Gasteiger partial charge in [-0.2, -0.15) is 0 Å². The van der Waals surface area contributed by atoms with Gasteiger partial charge in [0.05, 0.1) is 40.8 Å². The Kier molecular flexibility index (Phi) is 6.97. The number of amides is 1. The Labute approximate surface area is 234 Å². The Morgan fingerprint density at radius 3 is 2.73 bits per heavy atom. The van der Waals surface area contributed by atoms with Crippen LogP contribution in [0.25, 0.3) is 22.3 Å². The highest BCUT2D eigenvalue weighted by molar-refractivity contribution is 7.92. The number of alkyl halides is 1. The zero-order valence-corrected chi connectivity index (χ0v) is 22.8. The minimum absolute atomic E-state index is 0.0382. The highest BCUT2D eigenvalue weighted by Gasteiger charge is 2.35. The molecular formula is C27H24ClFN6O4S. The first-order valence-corrected chi connectivity index (χ1v) is 14.7. The van der Waals surface area contributed by atoms with E-state index in [4.69, 9.17) is 26.3 Å². The van der Waals surface area contributed by atoms with Crippen LogP contribution < -0.4 is 15.0 Å². The Hall–Kier alpha value is -3.90. The van der Waals surface area contributed by atoms with Crippen LogP contribution in [-0.2, 0) is 16.4 Å². The second-order valence-electron chi connectivity index (χ2n) is 9.56. The topological polar surface area (TPSA) is 127 Å². The fraction of sp³-hybridized carbons (Fsp3) is 0.296. The van der Waals surface area contributed by atoms with Gasteiger partial charge in [0.1, 0.15) is 4.90 Å². The van der Waals surface area contributed by atoms with Gasteiger partial charge in [-0.15, -0.1) is 0 Å². The van der Waals surface area contributed by atoms with E-state index in [2.05, 4.69) is 20.2 Å². The van der Waals surface area contributed by atoms with Crippen molar-refractivity contribution >= 4 is 44.2 Å². The van der Waals surface area contributed by atoms with Gasteiger partial charge in [-0.3, -0.25) is 9.78 Å². The predicted octanol–water partition coefficient (Wildman–Crippen LogP) is 4.12. The number of benzene rings is 1. The van der Waals surface area contributed by atoms with Crippen LogP contribution in [0.4, 0.5) is 10.3 Å². The van der Waals surface area contributed by atoms with Crippen LogP contribution in [0.15, 0.2) is 53.7 Å². The Morgan fingerprint density at radius 1 is 1.10 bits per heavy atom. The van der Waals surface area contributed by atoms with Crippen LogP contribution in [0.2, 0.25) is 5.02 Å². The lowest BCUT2D eigenvalue weighted by atomic mass is 10.2. The van der Waals surface area contributed by atoms with Crippen molar-refractivity contribution in [1.29, 1.82) is 0 Å². The van der Waals surface area contributed by atoms with Crippen molar-refractivity contribution in [2.24, 2.45) is 0 Å². The number of aromatic nitrogens is 4. The second-order valence-corrected chi connectivity index (χ2v) is 12.0. The molecule has 1 amide bonds. The molecule has 206 valence electrons. The molecule has 0 aliphatic carbocycles. The van der Waals surface area contributed by atoms with Crippen molar-refractivity contribution in [3.63, 3.8) is 0 Å². The van der Waals surface area contributed by atoms with Gasteiger partial charge in [0.25, 0.3) is 5.91 Å². The van der Waals surface area contributed by atoms with Crippen molar-refractivity contribution in [3.05, 3.63) is 65.1 Å². The molecular weight excluding hydrogens is 559 g/mol. The zero-order valence-electron chi connectivity index (χ0n) is 21.2. The number of nitrogens with zero attached hydrogens (tertiary/aromatic N) is 5. The van der Waals surface area contributed by atoms with Gasteiger partial charge >= 0.3 is 0 Å². The molecule has 40 heavy (non-hydrogen) atoms. The van der Waals surface area contributed by atoms with Gasteiger partial charge < -0.3 is 15.0 Å². The third-order valence-electron chi connectivity index (χ3n) is 6.86. The van der Waals surface area contributed by atoms with Crippen molar-refractivity contribution < 1.29 is 22.3 Å². The second kappa shape index (κ2) is 10.6. The van der Waals surface area contributed by atoms with Crippen LogP contribution in [0.3, 0.4) is 0 Å². The largest absolute Gasteiger partial charge is 0.490 e. The van der Waals surface area contributed by atoms with E-state index in [1.807, 2.05) is 18.2 Å². The number of carbonyl (C=O) groups is 1. The number of sulfone groups is 1. The summed E-state index contributed by atoms with van der Waals surface area (Å²) in [5.41, 5.74) is 0.418. The van der Waals surface area contributed by atoms with Crippen LogP contribution in [0.5, 0.6) is 5.75 Å². The average molecular weight is 583 g/mol. The maximum absolute atomic E-state index is 14.3. The number of hydrogen-bond donors (Lipinski definition) is 1. The summed E-state index contributed by atoms with van der Waals surface area (Å²) in [7, 11) is -4.35. The number of pyridine rings is 2. The summed E-state index contributed by atoms with van der Waals surface area (Å²) >= 11 is 6.21. The fourth-order valence-electron chi connectivity index (χ4n) is 4.73. The van der Waals surface area contributed by atoms with E-state index in [0.29, 0.717) is 28.5 Å². The monoisotopic (exact) mass is 582 g/mol. The molecule has 6 rings (SSSR count). The molecule has 1 fully saturated rings.